The molecule has 0 saturated heterocycles. The second-order valence-corrected chi connectivity index (χ2v) is 6.59. The molecule has 0 aliphatic carbocycles. The second-order valence-electron chi connectivity index (χ2n) is 5.34. The normalized spacial score (nSPS) is 10.6. The minimum atomic E-state index is -0.804. The predicted octanol–water partition coefficient (Wildman–Crippen LogP) is 3.79. The van der Waals surface area contributed by atoms with E-state index < -0.39 is 11.7 Å². The van der Waals surface area contributed by atoms with E-state index >= 15 is 0 Å². The SMILES string of the molecule is Cc1cc(I)ccc1Nc1cc(-n2ccnc2)c(F)cc1C(=O)NO. The fourth-order valence-corrected chi connectivity index (χ4v) is 3.07. The van der Waals surface area contributed by atoms with Crippen molar-refractivity contribution in [3.63, 3.8) is 0 Å². The van der Waals surface area contributed by atoms with Crippen molar-refractivity contribution in [3.05, 3.63) is 69.6 Å². The summed E-state index contributed by atoms with van der Waals surface area (Å²) in [6.07, 6.45) is 4.60. The molecule has 0 saturated carbocycles. The largest absolute Gasteiger partial charge is 0.355 e. The summed E-state index contributed by atoms with van der Waals surface area (Å²) in [5, 5.41) is 12.1. The highest BCUT2D eigenvalue weighted by Gasteiger charge is 2.17. The lowest BCUT2D eigenvalue weighted by Crippen LogP contribution is -2.20. The van der Waals surface area contributed by atoms with E-state index in [9.17, 15) is 9.18 Å². The molecule has 0 bridgehead atoms. The number of hydroxylamine groups is 1. The summed E-state index contributed by atoms with van der Waals surface area (Å²) < 4.78 is 17.0. The molecule has 128 valence electrons. The maximum atomic E-state index is 14.4. The molecule has 6 nitrogen and oxygen atoms in total. The summed E-state index contributed by atoms with van der Waals surface area (Å²) in [7, 11) is 0. The summed E-state index contributed by atoms with van der Waals surface area (Å²) in [6, 6.07) is 8.35. The monoisotopic (exact) mass is 452 g/mol. The van der Waals surface area contributed by atoms with Crippen LogP contribution in [0.15, 0.2) is 49.1 Å². The van der Waals surface area contributed by atoms with Gasteiger partial charge in [-0.2, -0.15) is 0 Å². The molecule has 0 aliphatic heterocycles. The van der Waals surface area contributed by atoms with Gasteiger partial charge in [-0.1, -0.05) is 0 Å². The molecule has 3 aromatic rings. The Kier molecular flexibility index (Phi) is 5.00. The Hall–Kier alpha value is -2.46. The van der Waals surface area contributed by atoms with Gasteiger partial charge in [0.2, 0.25) is 0 Å². The third-order valence-electron chi connectivity index (χ3n) is 3.67. The average molecular weight is 452 g/mol. The third-order valence-corrected chi connectivity index (χ3v) is 4.34. The van der Waals surface area contributed by atoms with Crippen molar-refractivity contribution in [3.8, 4) is 5.69 Å². The first-order valence-corrected chi connectivity index (χ1v) is 8.37. The standard InChI is InChI=1S/C17H14FIN4O2/c1-10-6-11(19)2-3-14(10)21-15-8-16(23-5-4-20-9-23)13(18)7-12(15)17(24)22-25/h2-9,21,25H,1H3,(H,22,24). The molecule has 3 rings (SSSR count). The first-order chi connectivity index (χ1) is 12.0. The molecular formula is C17H14FIN4O2. The lowest BCUT2D eigenvalue weighted by Gasteiger charge is -2.16. The fraction of sp³-hybridized carbons (Fsp3) is 0.0588. The number of hydrogen-bond acceptors (Lipinski definition) is 4. The molecular weight excluding hydrogens is 438 g/mol. The number of anilines is 2. The molecule has 0 fully saturated rings. The van der Waals surface area contributed by atoms with E-state index in [1.165, 1.54) is 23.2 Å². The highest BCUT2D eigenvalue weighted by molar-refractivity contribution is 14.1. The number of carbonyl (C=O) groups is 1. The Labute approximate surface area is 156 Å². The van der Waals surface area contributed by atoms with Crippen molar-refractivity contribution in [2.75, 3.05) is 5.32 Å². The van der Waals surface area contributed by atoms with Crippen LogP contribution in [-0.4, -0.2) is 20.7 Å². The van der Waals surface area contributed by atoms with Gasteiger partial charge in [-0.3, -0.25) is 10.0 Å². The zero-order valence-electron chi connectivity index (χ0n) is 13.1. The summed E-state index contributed by atoms with van der Waals surface area (Å²) in [5.74, 6) is -1.41. The maximum absolute atomic E-state index is 14.4. The topological polar surface area (TPSA) is 79.2 Å². The van der Waals surface area contributed by atoms with Crippen LogP contribution in [0.2, 0.25) is 0 Å². The first-order valence-electron chi connectivity index (χ1n) is 7.29. The number of imidazole rings is 1. The number of nitrogens with one attached hydrogen (secondary N) is 2. The maximum Gasteiger partial charge on any atom is 0.276 e. The van der Waals surface area contributed by atoms with Crippen LogP contribution < -0.4 is 10.8 Å². The molecule has 1 aromatic heterocycles. The van der Waals surface area contributed by atoms with Crippen LogP contribution >= 0.6 is 22.6 Å². The molecule has 1 heterocycles. The minimum absolute atomic E-state index is 0.0122. The molecule has 25 heavy (non-hydrogen) atoms. The van der Waals surface area contributed by atoms with Crippen LogP contribution in [0.5, 0.6) is 0 Å². The summed E-state index contributed by atoms with van der Waals surface area (Å²) in [6.45, 7) is 1.93. The molecule has 0 aliphatic rings. The van der Waals surface area contributed by atoms with Gasteiger partial charge in [0.25, 0.3) is 5.91 Å². The number of aromatic nitrogens is 2. The zero-order valence-corrected chi connectivity index (χ0v) is 15.3. The van der Waals surface area contributed by atoms with Gasteiger partial charge in [0.05, 0.1) is 23.3 Å². The van der Waals surface area contributed by atoms with Crippen LogP contribution in [0.3, 0.4) is 0 Å². The molecule has 0 radical (unpaired) electrons. The first kappa shape index (κ1) is 17.4. The van der Waals surface area contributed by atoms with Gasteiger partial charge in [-0.25, -0.2) is 14.9 Å². The summed E-state index contributed by atoms with van der Waals surface area (Å²) in [5.41, 5.74) is 3.87. The van der Waals surface area contributed by atoms with Crippen LogP contribution in [0.1, 0.15) is 15.9 Å². The Morgan fingerprint density at radius 1 is 1.28 bits per heavy atom. The number of halogens is 2. The molecule has 3 N–H and O–H groups in total. The number of benzene rings is 2. The quantitative estimate of drug-likeness (QED) is 0.320. The minimum Gasteiger partial charge on any atom is -0.355 e. The average Bonchev–Trinajstić information content (AvgIpc) is 3.12. The Balaban J connectivity index is 2.11. The van der Waals surface area contributed by atoms with Gasteiger partial charge in [0.15, 0.2) is 0 Å². The number of nitrogens with zero attached hydrogens (tertiary/aromatic N) is 2. The fourth-order valence-electron chi connectivity index (χ4n) is 2.43. The van der Waals surface area contributed by atoms with Crippen LogP contribution in [0.4, 0.5) is 15.8 Å². The molecule has 8 heteroatoms. The van der Waals surface area contributed by atoms with Crippen LogP contribution in [0, 0.1) is 16.3 Å². The molecule has 0 atom stereocenters. The summed E-state index contributed by atoms with van der Waals surface area (Å²) >= 11 is 2.21. The van der Waals surface area contributed by atoms with E-state index in [4.69, 9.17) is 5.21 Å². The van der Waals surface area contributed by atoms with Crippen molar-refractivity contribution in [1.82, 2.24) is 15.0 Å². The summed E-state index contributed by atoms with van der Waals surface area (Å²) in [4.78, 5) is 15.8. The van der Waals surface area contributed by atoms with E-state index in [2.05, 4.69) is 32.9 Å². The Morgan fingerprint density at radius 2 is 2.08 bits per heavy atom. The number of carbonyl (C=O) groups excluding carboxylic acids is 1. The molecule has 0 unspecified atom stereocenters. The lowest BCUT2D eigenvalue weighted by atomic mass is 10.1. The highest BCUT2D eigenvalue weighted by Crippen LogP contribution is 2.28. The molecule has 2 aromatic carbocycles. The van der Waals surface area contributed by atoms with Crippen molar-refractivity contribution in [2.45, 2.75) is 6.92 Å². The van der Waals surface area contributed by atoms with E-state index in [0.717, 1.165) is 20.9 Å². The highest BCUT2D eigenvalue weighted by atomic mass is 127. The van der Waals surface area contributed by atoms with Gasteiger partial charge < -0.3 is 9.88 Å². The Morgan fingerprint density at radius 3 is 2.72 bits per heavy atom. The number of aryl methyl sites for hydroxylation is 1. The van der Waals surface area contributed by atoms with E-state index in [-0.39, 0.29) is 11.3 Å². The van der Waals surface area contributed by atoms with Crippen molar-refractivity contribution in [2.24, 2.45) is 0 Å². The van der Waals surface area contributed by atoms with Crippen molar-refractivity contribution >= 4 is 39.9 Å². The molecule has 1 amide bonds. The second kappa shape index (κ2) is 7.19. The lowest BCUT2D eigenvalue weighted by molar-refractivity contribution is 0.0707. The van der Waals surface area contributed by atoms with Crippen molar-refractivity contribution < 1.29 is 14.4 Å². The van der Waals surface area contributed by atoms with Gasteiger partial charge in [0.1, 0.15) is 5.82 Å². The predicted molar refractivity (Wildman–Crippen MR) is 100.0 cm³/mol. The number of amides is 1. The van der Waals surface area contributed by atoms with E-state index in [1.807, 2.05) is 25.1 Å². The van der Waals surface area contributed by atoms with E-state index in [1.54, 1.807) is 11.7 Å². The number of rotatable bonds is 4. The van der Waals surface area contributed by atoms with Crippen LogP contribution in [-0.2, 0) is 0 Å². The van der Waals surface area contributed by atoms with Gasteiger partial charge >= 0.3 is 0 Å². The van der Waals surface area contributed by atoms with Gasteiger partial charge in [-0.05, 0) is 65.4 Å². The van der Waals surface area contributed by atoms with E-state index in [0.29, 0.717) is 5.69 Å². The number of hydrogen-bond donors (Lipinski definition) is 3. The zero-order chi connectivity index (χ0) is 18.0. The van der Waals surface area contributed by atoms with Crippen LogP contribution in [0.25, 0.3) is 5.69 Å². The van der Waals surface area contributed by atoms with Gasteiger partial charge in [-0.15, -0.1) is 0 Å². The third kappa shape index (κ3) is 3.64. The smallest absolute Gasteiger partial charge is 0.276 e. The van der Waals surface area contributed by atoms with Crippen molar-refractivity contribution in [1.29, 1.82) is 0 Å². The molecule has 0 spiro atoms. The van der Waals surface area contributed by atoms with Gasteiger partial charge in [0, 0.05) is 21.7 Å². The Bertz CT molecular complexity index is 929.